The molecule has 1 amide bonds. The van der Waals surface area contributed by atoms with Crippen LogP contribution in [-0.2, 0) is 11.3 Å². The normalized spacial score (nSPS) is 13.7. The lowest BCUT2D eigenvalue weighted by Gasteiger charge is -2.15. The van der Waals surface area contributed by atoms with Gasteiger partial charge < -0.3 is 4.90 Å². The molecule has 2 heterocycles. The van der Waals surface area contributed by atoms with Crippen molar-refractivity contribution in [3.63, 3.8) is 0 Å². The van der Waals surface area contributed by atoms with Gasteiger partial charge in [-0.25, -0.2) is 9.67 Å². The summed E-state index contributed by atoms with van der Waals surface area (Å²) in [5, 5.41) is 7.35. The summed E-state index contributed by atoms with van der Waals surface area (Å²) in [7, 11) is 1.84. The zero-order valence-corrected chi connectivity index (χ0v) is 16.2. The van der Waals surface area contributed by atoms with Gasteiger partial charge in [0, 0.05) is 17.8 Å². The fourth-order valence-corrected chi connectivity index (χ4v) is 4.22. The molecule has 0 radical (unpaired) electrons. The van der Waals surface area contributed by atoms with Crippen LogP contribution in [0.3, 0.4) is 0 Å². The molecule has 0 bridgehead atoms. The Morgan fingerprint density at radius 2 is 2.08 bits per heavy atom. The van der Waals surface area contributed by atoms with Crippen molar-refractivity contribution >= 4 is 29.0 Å². The maximum atomic E-state index is 12.4. The van der Waals surface area contributed by atoms with Crippen molar-refractivity contribution in [3.8, 4) is 5.69 Å². The topological polar surface area (TPSA) is 51.0 Å². The first-order chi connectivity index (χ1) is 12.7. The molecule has 0 spiro atoms. The van der Waals surface area contributed by atoms with E-state index in [1.807, 2.05) is 59.6 Å². The van der Waals surface area contributed by atoms with Crippen LogP contribution in [0.2, 0.25) is 0 Å². The number of benzene rings is 1. The van der Waals surface area contributed by atoms with Crippen LogP contribution in [-0.4, -0.2) is 38.4 Å². The van der Waals surface area contributed by atoms with Gasteiger partial charge in [0.05, 0.1) is 18.0 Å². The van der Waals surface area contributed by atoms with Crippen LogP contribution >= 0.6 is 23.1 Å². The Labute approximate surface area is 161 Å². The van der Waals surface area contributed by atoms with Crippen molar-refractivity contribution in [2.45, 2.75) is 30.5 Å². The van der Waals surface area contributed by atoms with E-state index in [1.165, 1.54) is 16.6 Å². The zero-order valence-electron chi connectivity index (χ0n) is 14.5. The van der Waals surface area contributed by atoms with Crippen LogP contribution in [0.1, 0.15) is 29.5 Å². The number of para-hydroxylation sites is 1. The molecule has 134 valence electrons. The average molecular weight is 385 g/mol. The van der Waals surface area contributed by atoms with E-state index in [2.05, 4.69) is 5.10 Å². The van der Waals surface area contributed by atoms with E-state index < -0.39 is 0 Å². The maximum absolute atomic E-state index is 12.4. The number of hydrogen-bond acceptors (Lipinski definition) is 5. The van der Waals surface area contributed by atoms with Gasteiger partial charge in [0.1, 0.15) is 5.82 Å². The zero-order chi connectivity index (χ0) is 17.9. The number of carbonyl (C=O) groups excluding carboxylic acids is 1. The van der Waals surface area contributed by atoms with Crippen LogP contribution in [0.25, 0.3) is 5.69 Å². The number of carbonyl (C=O) groups is 1. The summed E-state index contributed by atoms with van der Waals surface area (Å²) in [6.45, 7) is 0.649. The summed E-state index contributed by atoms with van der Waals surface area (Å²) in [4.78, 5) is 20.0. The molecule has 5 nitrogen and oxygen atoms in total. The summed E-state index contributed by atoms with van der Waals surface area (Å²) >= 11 is 3.08. The van der Waals surface area contributed by atoms with E-state index in [1.54, 1.807) is 16.2 Å². The number of thioether (sulfide) groups is 1. The number of hydrogen-bond donors (Lipinski definition) is 0. The Hall–Kier alpha value is -2.12. The van der Waals surface area contributed by atoms with Gasteiger partial charge in [-0.3, -0.25) is 4.79 Å². The molecule has 2 aromatic heterocycles. The molecule has 0 N–H and O–H groups in total. The number of aromatic nitrogens is 3. The van der Waals surface area contributed by atoms with Crippen LogP contribution in [0.4, 0.5) is 0 Å². The second-order valence-corrected chi connectivity index (χ2v) is 8.37. The van der Waals surface area contributed by atoms with Gasteiger partial charge in [-0.05, 0) is 36.4 Å². The smallest absolute Gasteiger partial charge is 0.233 e. The van der Waals surface area contributed by atoms with E-state index in [0.717, 1.165) is 24.4 Å². The number of thiophene rings is 1. The van der Waals surface area contributed by atoms with Crippen LogP contribution in [0.5, 0.6) is 0 Å². The minimum Gasteiger partial charge on any atom is -0.340 e. The predicted octanol–water partition coefficient (Wildman–Crippen LogP) is 3.96. The van der Waals surface area contributed by atoms with Gasteiger partial charge in [-0.1, -0.05) is 36.0 Å². The molecule has 3 aromatic rings. The van der Waals surface area contributed by atoms with Crippen molar-refractivity contribution < 1.29 is 4.79 Å². The SMILES string of the molecule is CN(Cc1cccs1)C(=O)CSc1nc(C2CC2)n(-c2ccccc2)n1. The first-order valence-electron chi connectivity index (χ1n) is 8.62. The third kappa shape index (κ3) is 3.99. The standard InChI is InChI=1S/C19H20N4OS2/c1-22(12-16-8-5-11-25-16)17(24)13-26-19-20-18(14-9-10-14)23(21-19)15-6-3-2-4-7-15/h2-8,11,14H,9-10,12-13H2,1H3. The third-order valence-electron chi connectivity index (χ3n) is 4.28. The lowest BCUT2D eigenvalue weighted by Crippen LogP contribution is -2.27. The summed E-state index contributed by atoms with van der Waals surface area (Å²) in [6, 6.07) is 14.1. The summed E-state index contributed by atoms with van der Waals surface area (Å²) < 4.78 is 1.93. The Morgan fingerprint density at radius 1 is 1.27 bits per heavy atom. The van der Waals surface area contributed by atoms with E-state index in [9.17, 15) is 4.79 Å². The van der Waals surface area contributed by atoms with E-state index >= 15 is 0 Å². The van der Waals surface area contributed by atoms with E-state index in [-0.39, 0.29) is 5.91 Å². The molecule has 0 aliphatic heterocycles. The van der Waals surface area contributed by atoms with E-state index in [4.69, 9.17) is 4.98 Å². The third-order valence-corrected chi connectivity index (χ3v) is 5.96. The highest BCUT2D eigenvalue weighted by Gasteiger charge is 2.30. The van der Waals surface area contributed by atoms with E-state index in [0.29, 0.717) is 23.4 Å². The Bertz CT molecular complexity index is 872. The Balaban J connectivity index is 1.43. The lowest BCUT2D eigenvalue weighted by molar-refractivity contribution is -0.127. The number of amides is 1. The van der Waals surface area contributed by atoms with Gasteiger partial charge in [0.2, 0.25) is 11.1 Å². The van der Waals surface area contributed by atoms with Crippen molar-refractivity contribution in [1.29, 1.82) is 0 Å². The van der Waals surface area contributed by atoms with Crippen molar-refractivity contribution in [2.75, 3.05) is 12.8 Å². The molecule has 1 aliphatic rings. The molecular weight excluding hydrogens is 364 g/mol. The molecule has 26 heavy (non-hydrogen) atoms. The summed E-state index contributed by atoms with van der Waals surface area (Å²) in [6.07, 6.45) is 2.33. The quantitative estimate of drug-likeness (QED) is 0.579. The Morgan fingerprint density at radius 3 is 2.77 bits per heavy atom. The molecule has 4 rings (SSSR count). The molecule has 1 aromatic carbocycles. The minimum atomic E-state index is 0.0902. The first-order valence-corrected chi connectivity index (χ1v) is 10.5. The molecular formula is C19H20N4OS2. The van der Waals surface area contributed by atoms with Crippen LogP contribution in [0.15, 0.2) is 53.0 Å². The fourth-order valence-electron chi connectivity index (χ4n) is 2.69. The van der Waals surface area contributed by atoms with Gasteiger partial charge in [0.25, 0.3) is 0 Å². The minimum absolute atomic E-state index is 0.0902. The molecule has 1 aliphatic carbocycles. The highest BCUT2D eigenvalue weighted by atomic mass is 32.2. The van der Waals surface area contributed by atoms with Crippen molar-refractivity contribution in [2.24, 2.45) is 0 Å². The number of rotatable bonds is 7. The van der Waals surface area contributed by atoms with Crippen LogP contribution in [0, 0.1) is 0 Å². The largest absolute Gasteiger partial charge is 0.340 e. The van der Waals surface area contributed by atoms with Gasteiger partial charge in [0.15, 0.2) is 0 Å². The lowest BCUT2D eigenvalue weighted by atomic mass is 10.3. The van der Waals surface area contributed by atoms with Gasteiger partial charge >= 0.3 is 0 Å². The monoisotopic (exact) mass is 384 g/mol. The molecule has 1 saturated carbocycles. The molecule has 7 heteroatoms. The van der Waals surface area contributed by atoms with Crippen LogP contribution < -0.4 is 0 Å². The summed E-state index contributed by atoms with van der Waals surface area (Å²) in [5.41, 5.74) is 1.02. The van der Waals surface area contributed by atoms with Gasteiger partial charge in [-0.2, -0.15) is 0 Å². The molecule has 0 unspecified atom stereocenters. The molecule has 0 atom stereocenters. The average Bonchev–Trinajstić information content (AvgIpc) is 3.21. The highest BCUT2D eigenvalue weighted by Crippen LogP contribution is 2.40. The second-order valence-electron chi connectivity index (χ2n) is 6.39. The number of nitrogens with zero attached hydrogens (tertiary/aromatic N) is 4. The van der Waals surface area contributed by atoms with Gasteiger partial charge in [-0.15, -0.1) is 16.4 Å². The second kappa shape index (κ2) is 7.63. The Kier molecular flexibility index (Phi) is 5.08. The highest BCUT2D eigenvalue weighted by molar-refractivity contribution is 7.99. The maximum Gasteiger partial charge on any atom is 0.233 e. The molecule has 1 fully saturated rings. The van der Waals surface area contributed by atoms with Crippen molar-refractivity contribution in [1.82, 2.24) is 19.7 Å². The summed E-state index contributed by atoms with van der Waals surface area (Å²) in [5.74, 6) is 1.95. The molecule has 0 saturated heterocycles. The first kappa shape index (κ1) is 17.3. The predicted molar refractivity (Wildman–Crippen MR) is 105 cm³/mol. The fraction of sp³-hybridized carbons (Fsp3) is 0.316. The van der Waals surface area contributed by atoms with Crippen molar-refractivity contribution in [3.05, 3.63) is 58.5 Å².